The molecule has 0 saturated carbocycles. The zero-order valence-electron chi connectivity index (χ0n) is 12.6. The summed E-state index contributed by atoms with van der Waals surface area (Å²) in [6.45, 7) is 4.05. The van der Waals surface area contributed by atoms with Crippen molar-refractivity contribution in [2.75, 3.05) is 33.5 Å². The predicted molar refractivity (Wildman–Crippen MR) is 82.0 cm³/mol. The van der Waals surface area contributed by atoms with Gasteiger partial charge in [-0.3, -0.25) is 19.4 Å². The van der Waals surface area contributed by atoms with Crippen LogP contribution >= 0.6 is 11.8 Å². The van der Waals surface area contributed by atoms with E-state index in [0.717, 1.165) is 16.7 Å². The molecule has 22 heavy (non-hydrogen) atoms. The van der Waals surface area contributed by atoms with E-state index in [1.807, 2.05) is 0 Å². The van der Waals surface area contributed by atoms with Crippen molar-refractivity contribution in [3.8, 4) is 0 Å². The van der Waals surface area contributed by atoms with Crippen LogP contribution in [0.5, 0.6) is 0 Å². The van der Waals surface area contributed by atoms with Crippen LogP contribution in [-0.2, 0) is 14.3 Å². The van der Waals surface area contributed by atoms with Crippen LogP contribution in [0.2, 0.25) is 0 Å². The molecule has 3 amide bonds. The number of methoxy groups -OCH3 is 1. The average molecular weight is 325 g/mol. The van der Waals surface area contributed by atoms with Crippen LogP contribution in [-0.4, -0.2) is 82.8 Å². The van der Waals surface area contributed by atoms with Gasteiger partial charge in [0.05, 0.1) is 7.11 Å². The number of carbonyl (C=O) groups excluding carboxylic acids is 3. The zero-order valence-corrected chi connectivity index (χ0v) is 13.4. The Morgan fingerprint density at radius 3 is 2.73 bits per heavy atom. The Bertz CT molecular complexity index is 613. The summed E-state index contributed by atoms with van der Waals surface area (Å²) in [5.41, 5.74) is 0. The van der Waals surface area contributed by atoms with Crippen LogP contribution in [0.4, 0.5) is 4.79 Å². The second-order valence-corrected chi connectivity index (χ2v) is 5.64. The third kappa shape index (κ3) is 2.63. The molecule has 2 rings (SSSR count). The number of hydrogen-bond acceptors (Lipinski definition) is 6. The number of rotatable bonds is 4. The molecule has 1 unspecified atom stereocenters. The van der Waals surface area contributed by atoms with E-state index in [2.05, 4.69) is 16.3 Å². The summed E-state index contributed by atoms with van der Waals surface area (Å²) in [5, 5.41) is 0.494. The van der Waals surface area contributed by atoms with Crippen molar-refractivity contribution in [2.24, 2.45) is 4.99 Å². The lowest BCUT2D eigenvalue weighted by Gasteiger charge is -2.30. The van der Waals surface area contributed by atoms with Gasteiger partial charge < -0.3 is 4.74 Å². The third-order valence-corrected chi connectivity index (χ3v) is 4.33. The van der Waals surface area contributed by atoms with E-state index < -0.39 is 12.1 Å². The quantitative estimate of drug-likeness (QED) is 0.404. The van der Waals surface area contributed by atoms with Crippen molar-refractivity contribution >= 4 is 40.7 Å². The molecule has 1 atom stereocenters. The van der Waals surface area contributed by atoms with E-state index in [4.69, 9.17) is 0 Å². The molecule has 2 heterocycles. The number of hydrogen-bond donors (Lipinski definition) is 0. The molecule has 0 N–H and O–H groups in total. The summed E-state index contributed by atoms with van der Waals surface area (Å²) in [6, 6.07) is -1.11. The molecule has 0 bridgehead atoms. The first-order chi connectivity index (χ1) is 10.4. The van der Waals surface area contributed by atoms with E-state index in [-0.39, 0.29) is 17.6 Å². The van der Waals surface area contributed by atoms with Gasteiger partial charge in [-0.15, -0.1) is 0 Å². The van der Waals surface area contributed by atoms with Gasteiger partial charge in [0.15, 0.2) is 0 Å². The van der Waals surface area contributed by atoms with Crippen LogP contribution in [0.25, 0.3) is 0 Å². The highest BCUT2D eigenvalue weighted by Gasteiger charge is 2.52. The van der Waals surface area contributed by atoms with E-state index >= 15 is 0 Å². The number of amidine groups is 2. The van der Waals surface area contributed by atoms with Crippen LogP contribution in [0.1, 0.15) is 0 Å². The van der Waals surface area contributed by atoms with Gasteiger partial charge in [0.25, 0.3) is 17.8 Å². The van der Waals surface area contributed by atoms with E-state index in [1.54, 1.807) is 17.7 Å². The molecule has 0 aromatic rings. The lowest BCUT2D eigenvalue weighted by molar-refractivity contribution is -0.522. The van der Waals surface area contributed by atoms with Crippen molar-refractivity contribution in [3.63, 3.8) is 0 Å². The number of fused-ring (bicyclic) bond motifs is 1. The molecule has 0 radical (unpaired) electrons. The van der Waals surface area contributed by atoms with Crippen molar-refractivity contribution in [3.05, 3.63) is 12.7 Å². The number of imide groups is 1. The maximum Gasteiger partial charge on any atom is 0.358 e. The van der Waals surface area contributed by atoms with E-state index in [1.165, 1.54) is 19.1 Å². The minimum absolute atomic E-state index is 0.0741. The number of amides is 3. The highest BCUT2D eigenvalue weighted by molar-refractivity contribution is 8.14. The first-order valence-electron chi connectivity index (χ1n) is 6.50. The Morgan fingerprint density at radius 1 is 1.45 bits per heavy atom. The number of urea groups is 1. The van der Waals surface area contributed by atoms with Gasteiger partial charge in [0.2, 0.25) is 0 Å². The monoisotopic (exact) mass is 325 g/mol. The Morgan fingerprint density at radius 2 is 2.14 bits per heavy atom. The molecule has 8 nitrogen and oxygen atoms in total. The maximum atomic E-state index is 12.4. The average Bonchev–Trinajstić information content (AvgIpc) is 2.87. The standard InChI is InChI=1S/C13H17N4O4S/c1-5-6-17-9-10(14-12(17)22-7-8(18)21-4)15(2)13(20)16(3)11(9)19/h5,9H,1,6-7H2,2-4H3/q+1. The van der Waals surface area contributed by atoms with Crippen molar-refractivity contribution in [1.29, 1.82) is 0 Å². The number of carbonyl (C=O) groups is 3. The van der Waals surface area contributed by atoms with Crippen molar-refractivity contribution in [2.45, 2.75) is 6.04 Å². The first kappa shape index (κ1) is 16.2. The van der Waals surface area contributed by atoms with Gasteiger partial charge in [-0.05, 0) is 16.8 Å². The minimum Gasteiger partial charge on any atom is -0.468 e. The van der Waals surface area contributed by atoms with Gasteiger partial charge in [0.1, 0.15) is 12.3 Å². The smallest absolute Gasteiger partial charge is 0.358 e. The topological polar surface area (TPSA) is 82.3 Å². The molecule has 0 spiro atoms. The molecule has 2 aliphatic heterocycles. The SMILES string of the molecule is C=CC[N+]1=C(SCC(=O)OC)N=C2C1C(=O)N(C)C(=O)N2C. The molecule has 1 fully saturated rings. The number of esters is 1. The number of aliphatic imine (C=N–C) groups is 1. The second kappa shape index (κ2) is 6.30. The maximum absolute atomic E-state index is 12.4. The summed E-state index contributed by atoms with van der Waals surface area (Å²) < 4.78 is 6.32. The fourth-order valence-corrected chi connectivity index (χ4v) is 3.06. The van der Waals surface area contributed by atoms with Gasteiger partial charge >= 0.3 is 17.2 Å². The van der Waals surface area contributed by atoms with Crippen LogP contribution in [0.3, 0.4) is 0 Å². The Labute approximate surface area is 132 Å². The number of nitrogens with zero attached hydrogens (tertiary/aromatic N) is 4. The fourth-order valence-electron chi connectivity index (χ4n) is 2.20. The van der Waals surface area contributed by atoms with E-state index in [9.17, 15) is 14.4 Å². The molecule has 118 valence electrons. The number of thioether (sulfide) groups is 1. The predicted octanol–water partition coefficient (Wildman–Crippen LogP) is -0.248. The molecule has 1 saturated heterocycles. The first-order valence-corrected chi connectivity index (χ1v) is 7.48. The summed E-state index contributed by atoms with van der Waals surface area (Å²) in [5.74, 6) is -0.302. The molecule has 0 aromatic heterocycles. The zero-order chi connectivity index (χ0) is 16.4. The number of ether oxygens (including phenoxy) is 1. The molecule has 0 aliphatic carbocycles. The van der Waals surface area contributed by atoms with Gasteiger partial charge in [0, 0.05) is 14.1 Å². The lowest BCUT2D eigenvalue weighted by atomic mass is 10.1. The third-order valence-electron chi connectivity index (χ3n) is 3.37. The van der Waals surface area contributed by atoms with Gasteiger partial charge in [-0.25, -0.2) is 9.37 Å². The fraction of sp³-hybridized carbons (Fsp3) is 0.462. The Balaban J connectivity index is 2.35. The molecule has 0 aromatic carbocycles. The molecule has 2 aliphatic rings. The summed E-state index contributed by atoms with van der Waals surface area (Å²) in [7, 11) is 4.31. The van der Waals surface area contributed by atoms with Crippen LogP contribution < -0.4 is 0 Å². The molecule has 9 heteroatoms. The van der Waals surface area contributed by atoms with Crippen LogP contribution in [0, 0.1) is 0 Å². The Kier molecular flexibility index (Phi) is 4.65. The van der Waals surface area contributed by atoms with Gasteiger partial charge in [-0.2, -0.15) is 0 Å². The minimum atomic E-state index is -0.675. The summed E-state index contributed by atoms with van der Waals surface area (Å²) in [4.78, 5) is 42.4. The van der Waals surface area contributed by atoms with Gasteiger partial charge in [-0.1, -0.05) is 12.7 Å². The molecular formula is C13H17N4O4S+. The lowest BCUT2D eigenvalue weighted by Crippen LogP contribution is -2.61. The largest absolute Gasteiger partial charge is 0.468 e. The number of likely N-dealkylation sites (N-methyl/N-ethyl adjacent to an activating group) is 2. The second-order valence-electron chi connectivity index (χ2n) is 4.70. The summed E-state index contributed by atoms with van der Waals surface area (Å²) in [6.07, 6.45) is 1.64. The highest BCUT2D eigenvalue weighted by Crippen LogP contribution is 2.22. The normalized spacial score (nSPS) is 21.0. The van der Waals surface area contributed by atoms with Crippen molar-refractivity contribution < 1.29 is 23.7 Å². The highest BCUT2D eigenvalue weighted by atomic mass is 32.2. The summed E-state index contributed by atoms with van der Waals surface area (Å²) >= 11 is 1.16. The van der Waals surface area contributed by atoms with Crippen molar-refractivity contribution in [1.82, 2.24) is 9.80 Å². The Hall–Kier alpha value is -2.16. The van der Waals surface area contributed by atoms with E-state index in [0.29, 0.717) is 17.5 Å². The van der Waals surface area contributed by atoms with Crippen LogP contribution in [0.15, 0.2) is 17.6 Å². The molecular weight excluding hydrogens is 308 g/mol.